The summed E-state index contributed by atoms with van der Waals surface area (Å²) in [6, 6.07) is 1.70. The van der Waals surface area contributed by atoms with Gasteiger partial charge in [0, 0.05) is 6.07 Å². The third-order valence-electron chi connectivity index (χ3n) is 1.12. The van der Waals surface area contributed by atoms with E-state index in [-0.39, 0.29) is 36.2 Å². The monoisotopic (exact) mass is 216 g/mol. The summed E-state index contributed by atoms with van der Waals surface area (Å²) < 4.78 is 24.7. The van der Waals surface area contributed by atoms with Gasteiger partial charge in [0.15, 0.2) is 0 Å². The molecule has 0 saturated heterocycles. The Morgan fingerprint density at radius 1 is 0.833 bits per heavy atom. The van der Waals surface area contributed by atoms with Crippen molar-refractivity contribution in [1.82, 2.24) is 0 Å². The molecule has 0 aromatic heterocycles. The third-order valence-corrected chi connectivity index (χ3v) is 1.12. The van der Waals surface area contributed by atoms with Crippen molar-refractivity contribution in [2.75, 3.05) is 11.5 Å². The molecule has 0 heterocycles. The van der Waals surface area contributed by atoms with E-state index in [9.17, 15) is 8.78 Å². The SMILES string of the molecule is Cl.Cl.Nc1cc(N)c(F)cc1F. The van der Waals surface area contributed by atoms with E-state index < -0.39 is 11.6 Å². The summed E-state index contributed by atoms with van der Waals surface area (Å²) in [6.07, 6.45) is 0. The van der Waals surface area contributed by atoms with Gasteiger partial charge in [-0.25, -0.2) is 8.78 Å². The highest BCUT2D eigenvalue weighted by molar-refractivity contribution is 5.85. The third kappa shape index (κ3) is 2.71. The minimum atomic E-state index is -0.785. The van der Waals surface area contributed by atoms with E-state index in [0.717, 1.165) is 6.07 Å². The zero-order valence-corrected chi connectivity index (χ0v) is 7.51. The minimum Gasteiger partial charge on any atom is -0.396 e. The Hall–Kier alpha value is -0.740. The van der Waals surface area contributed by atoms with Gasteiger partial charge in [-0.15, -0.1) is 24.8 Å². The Labute approximate surface area is 80.7 Å². The molecule has 2 nitrogen and oxygen atoms in total. The highest BCUT2D eigenvalue weighted by Crippen LogP contribution is 2.17. The van der Waals surface area contributed by atoms with Gasteiger partial charge >= 0.3 is 0 Å². The van der Waals surface area contributed by atoms with Crippen molar-refractivity contribution in [3.63, 3.8) is 0 Å². The number of anilines is 2. The first-order valence-electron chi connectivity index (χ1n) is 2.61. The van der Waals surface area contributed by atoms with Crippen molar-refractivity contribution in [1.29, 1.82) is 0 Å². The lowest BCUT2D eigenvalue weighted by Crippen LogP contribution is -1.96. The molecule has 4 N–H and O–H groups in total. The van der Waals surface area contributed by atoms with Crippen molar-refractivity contribution < 1.29 is 8.78 Å². The second-order valence-electron chi connectivity index (χ2n) is 1.90. The van der Waals surface area contributed by atoms with Crippen LogP contribution in [0.5, 0.6) is 0 Å². The van der Waals surface area contributed by atoms with Crippen molar-refractivity contribution in [2.45, 2.75) is 0 Å². The van der Waals surface area contributed by atoms with Gasteiger partial charge in [-0.3, -0.25) is 0 Å². The van der Waals surface area contributed by atoms with E-state index in [2.05, 4.69) is 0 Å². The van der Waals surface area contributed by atoms with Crippen LogP contribution in [0.4, 0.5) is 20.2 Å². The van der Waals surface area contributed by atoms with Crippen molar-refractivity contribution in [3.8, 4) is 0 Å². The van der Waals surface area contributed by atoms with Gasteiger partial charge in [-0.05, 0) is 6.07 Å². The number of rotatable bonds is 0. The highest BCUT2D eigenvalue weighted by atomic mass is 35.5. The molecule has 0 saturated carbocycles. The molecular weight excluding hydrogens is 209 g/mol. The van der Waals surface area contributed by atoms with Gasteiger partial charge in [-0.1, -0.05) is 0 Å². The summed E-state index contributed by atoms with van der Waals surface area (Å²) in [6.45, 7) is 0. The van der Waals surface area contributed by atoms with Crippen LogP contribution in [-0.2, 0) is 0 Å². The number of nitrogens with two attached hydrogens (primary N) is 2. The Balaban J connectivity index is 0. The predicted octanol–water partition coefficient (Wildman–Crippen LogP) is 1.97. The molecule has 1 rings (SSSR count). The molecule has 0 unspecified atom stereocenters. The molecular formula is C6H8Cl2F2N2. The van der Waals surface area contributed by atoms with E-state index in [1.807, 2.05) is 0 Å². The van der Waals surface area contributed by atoms with E-state index in [4.69, 9.17) is 11.5 Å². The van der Waals surface area contributed by atoms with Crippen LogP contribution in [0.2, 0.25) is 0 Å². The van der Waals surface area contributed by atoms with E-state index in [0.29, 0.717) is 6.07 Å². The summed E-state index contributed by atoms with van der Waals surface area (Å²) >= 11 is 0. The zero-order valence-electron chi connectivity index (χ0n) is 5.88. The number of hydrogen-bond acceptors (Lipinski definition) is 2. The Kier molecular flexibility index (Phi) is 5.76. The molecule has 0 amide bonds. The first kappa shape index (κ1) is 13.8. The smallest absolute Gasteiger partial charge is 0.149 e. The van der Waals surface area contributed by atoms with Gasteiger partial charge in [0.2, 0.25) is 0 Å². The number of hydrogen-bond donors (Lipinski definition) is 2. The van der Waals surface area contributed by atoms with Crippen molar-refractivity contribution >= 4 is 36.2 Å². The molecule has 6 heteroatoms. The fourth-order valence-electron chi connectivity index (χ4n) is 0.583. The standard InChI is InChI=1S/C6H6F2N2.2ClH/c7-3-1-4(8)6(10)2-5(3)9;;/h1-2H,9-10H2;2*1H. The average molecular weight is 217 g/mol. The molecule has 0 radical (unpaired) electrons. The van der Waals surface area contributed by atoms with E-state index in [1.165, 1.54) is 0 Å². The zero-order chi connectivity index (χ0) is 7.72. The number of nitrogen functional groups attached to an aromatic ring is 2. The Morgan fingerprint density at radius 2 is 1.17 bits per heavy atom. The maximum absolute atomic E-state index is 12.3. The Bertz CT molecular complexity index is 218. The highest BCUT2D eigenvalue weighted by Gasteiger charge is 2.03. The lowest BCUT2D eigenvalue weighted by molar-refractivity contribution is 0.589. The maximum Gasteiger partial charge on any atom is 0.149 e. The quantitative estimate of drug-likeness (QED) is 0.652. The summed E-state index contributed by atoms with van der Waals surface area (Å²) in [5.74, 6) is -1.57. The van der Waals surface area contributed by atoms with E-state index in [1.54, 1.807) is 0 Å². The molecule has 0 atom stereocenters. The van der Waals surface area contributed by atoms with Gasteiger partial charge in [-0.2, -0.15) is 0 Å². The van der Waals surface area contributed by atoms with Crippen LogP contribution in [0.1, 0.15) is 0 Å². The van der Waals surface area contributed by atoms with Gasteiger partial charge in [0.05, 0.1) is 11.4 Å². The van der Waals surface area contributed by atoms with Crippen LogP contribution in [0.25, 0.3) is 0 Å². The first-order chi connectivity index (χ1) is 4.61. The molecule has 0 aliphatic heterocycles. The van der Waals surface area contributed by atoms with E-state index >= 15 is 0 Å². The molecule has 70 valence electrons. The summed E-state index contributed by atoms with van der Waals surface area (Å²) in [7, 11) is 0. The largest absolute Gasteiger partial charge is 0.396 e. The lowest BCUT2D eigenvalue weighted by Gasteiger charge is -1.98. The average Bonchev–Trinajstić information content (AvgIpc) is 1.84. The second-order valence-corrected chi connectivity index (χ2v) is 1.90. The molecule has 0 aliphatic rings. The number of halogens is 4. The molecule has 0 fully saturated rings. The minimum absolute atomic E-state index is 0. The fourth-order valence-corrected chi connectivity index (χ4v) is 0.583. The van der Waals surface area contributed by atoms with Crippen molar-refractivity contribution in [3.05, 3.63) is 23.8 Å². The summed E-state index contributed by atoms with van der Waals surface area (Å²) in [5, 5.41) is 0. The number of benzene rings is 1. The predicted molar refractivity (Wildman–Crippen MR) is 49.7 cm³/mol. The molecule has 12 heavy (non-hydrogen) atoms. The van der Waals surface area contributed by atoms with Crippen molar-refractivity contribution in [2.24, 2.45) is 0 Å². The van der Waals surface area contributed by atoms with Crippen LogP contribution in [0.15, 0.2) is 12.1 Å². The lowest BCUT2D eigenvalue weighted by atomic mass is 10.2. The van der Waals surface area contributed by atoms with Gasteiger partial charge in [0.25, 0.3) is 0 Å². The maximum atomic E-state index is 12.3. The second kappa shape index (κ2) is 5.00. The molecule has 1 aromatic rings. The van der Waals surface area contributed by atoms with Crippen LogP contribution in [0.3, 0.4) is 0 Å². The first-order valence-corrected chi connectivity index (χ1v) is 2.61. The normalized spacial score (nSPS) is 8.17. The topological polar surface area (TPSA) is 52.0 Å². The molecule has 1 aromatic carbocycles. The van der Waals surface area contributed by atoms with Gasteiger partial charge < -0.3 is 11.5 Å². The molecule has 0 aliphatic carbocycles. The van der Waals surface area contributed by atoms with Crippen LogP contribution >= 0.6 is 24.8 Å². The van der Waals surface area contributed by atoms with Crippen LogP contribution in [0, 0.1) is 11.6 Å². The summed E-state index contributed by atoms with van der Waals surface area (Å²) in [4.78, 5) is 0. The fraction of sp³-hybridized carbons (Fsp3) is 0. The van der Waals surface area contributed by atoms with Crippen LogP contribution < -0.4 is 11.5 Å². The summed E-state index contributed by atoms with van der Waals surface area (Å²) in [5.41, 5.74) is 9.86. The van der Waals surface area contributed by atoms with Gasteiger partial charge in [0.1, 0.15) is 11.6 Å². The Morgan fingerprint density at radius 3 is 1.42 bits per heavy atom. The van der Waals surface area contributed by atoms with Crippen LogP contribution in [-0.4, -0.2) is 0 Å². The molecule has 0 spiro atoms. The molecule has 0 bridgehead atoms.